The summed E-state index contributed by atoms with van der Waals surface area (Å²) >= 11 is 6.37. The van der Waals surface area contributed by atoms with Gasteiger partial charge in [-0.1, -0.05) is 35.4 Å². The van der Waals surface area contributed by atoms with E-state index in [9.17, 15) is 14.9 Å². The molecule has 1 unspecified atom stereocenters. The van der Waals surface area contributed by atoms with Gasteiger partial charge in [0.2, 0.25) is 5.88 Å². The van der Waals surface area contributed by atoms with Crippen molar-refractivity contribution in [3.63, 3.8) is 0 Å². The highest BCUT2D eigenvalue weighted by Gasteiger charge is 2.36. The van der Waals surface area contributed by atoms with Crippen LogP contribution in [-0.4, -0.2) is 29.5 Å². The van der Waals surface area contributed by atoms with Crippen LogP contribution in [0.2, 0.25) is 5.02 Å². The molecule has 2 heterocycles. The van der Waals surface area contributed by atoms with Gasteiger partial charge in [-0.25, -0.2) is 4.79 Å². The lowest BCUT2D eigenvalue weighted by Gasteiger charge is -2.27. The molecule has 0 fully saturated rings. The van der Waals surface area contributed by atoms with Crippen LogP contribution in [0.15, 0.2) is 76.2 Å². The van der Waals surface area contributed by atoms with E-state index in [0.29, 0.717) is 11.3 Å². The summed E-state index contributed by atoms with van der Waals surface area (Å²) in [5.74, 6) is -0.902. The number of methoxy groups -OCH3 is 1. The molecule has 11 heteroatoms. The van der Waals surface area contributed by atoms with Crippen LogP contribution in [0.3, 0.4) is 0 Å². The molecule has 39 heavy (non-hydrogen) atoms. The van der Waals surface area contributed by atoms with E-state index in [1.54, 1.807) is 44.2 Å². The fraction of sp³-hybridized carbons (Fsp3) is 0.214. The Labute approximate surface area is 229 Å². The molecule has 1 aliphatic heterocycles. The molecule has 200 valence electrons. The summed E-state index contributed by atoms with van der Waals surface area (Å²) in [6, 6.07) is 14.1. The third kappa shape index (κ3) is 5.30. The Hall–Kier alpha value is -4.75. The Bertz CT molecular complexity index is 1600. The molecule has 4 rings (SSSR count). The van der Waals surface area contributed by atoms with Crippen molar-refractivity contribution in [1.82, 2.24) is 9.78 Å². The van der Waals surface area contributed by atoms with Crippen LogP contribution >= 0.6 is 11.6 Å². The van der Waals surface area contributed by atoms with Crippen molar-refractivity contribution in [2.75, 3.05) is 13.7 Å². The minimum absolute atomic E-state index is 0.0203. The number of aromatic nitrogens is 2. The van der Waals surface area contributed by atoms with Crippen LogP contribution in [-0.2, 0) is 14.3 Å². The number of nitriles is 1. The molecule has 2 N–H and O–H groups in total. The van der Waals surface area contributed by atoms with Gasteiger partial charge in [0.1, 0.15) is 17.4 Å². The largest absolute Gasteiger partial charge is 0.493 e. The second-order valence-electron chi connectivity index (χ2n) is 8.50. The first-order chi connectivity index (χ1) is 18.7. The smallest absolute Gasteiger partial charge is 0.338 e. The van der Waals surface area contributed by atoms with E-state index in [0.717, 1.165) is 5.56 Å². The number of benzene rings is 2. The number of rotatable bonds is 7. The van der Waals surface area contributed by atoms with Crippen molar-refractivity contribution in [2.45, 2.75) is 26.7 Å². The fourth-order valence-electron chi connectivity index (χ4n) is 4.11. The monoisotopic (exact) mass is 548 g/mol. The molecule has 0 saturated heterocycles. The lowest BCUT2D eigenvalue weighted by atomic mass is 9.83. The Morgan fingerprint density at radius 3 is 2.54 bits per heavy atom. The van der Waals surface area contributed by atoms with Crippen molar-refractivity contribution < 1.29 is 23.7 Å². The molecule has 0 aliphatic carbocycles. The first-order valence-electron chi connectivity index (χ1n) is 11.9. The van der Waals surface area contributed by atoms with Crippen molar-refractivity contribution in [3.8, 4) is 29.0 Å². The summed E-state index contributed by atoms with van der Waals surface area (Å²) in [4.78, 5) is 25.7. The molecule has 10 nitrogen and oxygen atoms in total. The van der Waals surface area contributed by atoms with E-state index in [1.807, 2.05) is 25.1 Å². The number of hydrogen-bond donors (Lipinski definition) is 1. The standard InChI is InChI=1S/C28H25ClN4O6/c1-5-37-28(35)23-16(3)38-26(31)19(13-30)24(23)17-8-11-20(21(12-17)36-4)39-22-14-32-33(27(34)25(22)29)18-9-6-15(2)7-10-18/h6-12,14,24H,5,31H2,1-4H3. The van der Waals surface area contributed by atoms with Crippen molar-refractivity contribution >= 4 is 17.6 Å². The highest BCUT2D eigenvalue weighted by Crippen LogP contribution is 2.43. The molecule has 0 amide bonds. The van der Waals surface area contributed by atoms with Gasteiger partial charge in [-0.05, 0) is 50.6 Å². The summed E-state index contributed by atoms with van der Waals surface area (Å²) in [6.45, 7) is 5.32. The molecule has 1 aromatic heterocycles. The topological polar surface area (TPSA) is 139 Å². The third-order valence-corrected chi connectivity index (χ3v) is 6.36. The molecule has 2 aromatic carbocycles. The molecule has 0 saturated carbocycles. The van der Waals surface area contributed by atoms with Crippen molar-refractivity contribution in [2.24, 2.45) is 5.73 Å². The van der Waals surface area contributed by atoms with Gasteiger partial charge in [0, 0.05) is 0 Å². The third-order valence-electron chi connectivity index (χ3n) is 6.01. The van der Waals surface area contributed by atoms with Gasteiger partial charge < -0.3 is 24.7 Å². The van der Waals surface area contributed by atoms with Crippen LogP contribution in [0.4, 0.5) is 0 Å². The number of hydrogen-bond acceptors (Lipinski definition) is 9. The lowest BCUT2D eigenvalue weighted by Crippen LogP contribution is -2.25. The van der Waals surface area contributed by atoms with Gasteiger partial charge in [0.25, 0.3) is 5.56 Å². The first-order valence-corrected chi connectivity index (χ1v) is 12.2. The van der Waals surface area contributed by atoms with Gasteiger partial charge in [-0.3, -0.25) is 4.79 Å². The number of halogens is 1. The van der Waals surface area contributed by atoms with Gasteiger partial charge in [-0.2, -0.15) is 15.0 Å². The Morgan fingerprint density at radius 1 is 1.18 bits per heavy atom. The maximum atomic E-state index is 12.9. The van der Waals surface area contributed by atoms with Gasteiger partial charge in [-0.15, -0.1) is 0 Å². The molecule has 0 bridgehead atoms. The van der Waals surface area contributed by atoms with Crippen LogP contribution in [0.25, 0.3) is 5.69 Å². The van der Waals surface area contributed by atoms with E-state index in [2.05, 4.69) is 5.10 Å². The zero-order valence-electron chi connectivity index (χ0n) is 21.6. The minimum atomic E-state index is -0.866. The van der Waals surface area contributed by atoms with Gasteiger partial charge in [0.15, 0.2) is 22.3 Å². The quantitative estimate of drug-likeness (QED) is 0.418. The average molecular weight is 549 g/mol. The lowest BCUT2D eigenvalue weighted by molar-refractivity contribution is -0.139. The van der Waals surface area contributed by atoms with Crippen LogP contribution in [0.1, 0.15) is 30.9 Å². The molecule has 0 radical (unpaired) electrons. The first kappa shape index (κ1) is 27.3. The highest BCUT2D eigenvalue weighted by molar-refractivity contribution is 6.31. The number of aryl methyl sites for hydroxylation is 1. The number of carbonyl (C=O) groups is 1. The molecule has 0 spiro atoms. The zero-order valence-corrected chi connectivity index (χ0v) is 22.4. The van der Waals surface area contributed by atoms with Crippen molar-refractivity contribution in [1.29, 1.82) is 5.26 Å². The Balaban J connectivity index is 1.72. The van der Waals surface area contributed by atoms with Crippen LogP contribution in [0.5, 0.6) is 17.2 Å². The normalized spacial score (nSPS) is 14.9. The number of esters is 1. The van der Waals surface area contributed by atoms with E-state index in [4.69, 9.17) is 36.3 Å². The number of carbonyl (C=O) groups excluding carboxylic acids is 1. The second kappa shape index (κ2) is 11.3. The predicted octanol–water partition coefficient (Wildman–Crippen LogP) is 4.64. The summed E-state index contributed by atoms with van der Waals surface area (Å²) in [7, 11) is 1.42. The summed E-state index contributed by atoms with van der Waals surface area (Å²) in [5.41, 5.74) is 7.70. The van der Waals surface area contributed by atoms with E-state index in [1.165, 1.54) is 18.0 Å². The van der Waals surface area contributed by atoms with Crippen molar-refractivity contribution in [3.05, 3.63) is 98.0 Å². The number of allylic oxidation sites excluding steroid dienone is 2. The van der Waals surface area contributed by atoms with E-state index >= 15 is 0 Å². The molecule has 1 aliphatic rings. The minimum Gasteiger partial charge on any atom is -0.493 e. The average Bonchev–Trinajstić information content (AvgIpc) is 2.92. The molecule has 3 aromatic rings. The SMILES string of the molecule is CCOC(=O)C1=C(C)OC(N)=C(C#N)C1c1ccc(Oc2cnn(-c3ccc(C)cc3)c(=O)c2Cl)c(OC)c1. The van der Waals surface area contributed by atoms with Gasteiger partial charge >= 0.3 is 5.97 Å². The number of nitrogens with two attached hydrogens (primary N) is 1. The number of nitrogens with zero attached hydrogens (tertiary/aromatic N) is 3. The van der Waals surface area contributed by atoms with Crippen LogP contribution < -0.4 is 20.8 Å². The van der Waals surface area contributed by atoms with Gasteiger partial charge in [0.05, 0.1) is 37.1 Å². The fourth-order valence-corrected chi connectivity index (χ4v) is 4.28. The predicted molar refractivity (Wildman–Crippen MR) is 143 cm³/mol. The molecular formula is C28H25ClN4O6. The second-order valence-corrected chi connectivity index (χ2v) is 8.88. The molecular weight excluding hydrogens is 524 g/mol. The van der Waals surface area contributed by atoms with E-state index in [-0.39, 0.29) is 51.7 Å². The van der Waals surface area contributed by atoms with E-state index < -0.39 is 17.4 Å². The molecule has 1 atom stereocenters. The summed E-state index contributed by atoms with van der Waals surface area (Å²) in [6.07, 6.45) is 1.33. The maximum absolute atomic E-state index is 12.9. The van der Waals surface area contributed by atoms with Crippen LogP contribution in [0, 0.1) is 18.3 Å². The maximum Gasteiger partial charge on any atom is 0.338 e. The Morgan fingerprint density at radius 2 is 1.90 bits per heavy atom. The highest BCUT2D eigenvalue weighted by atomic mass is 35.5. The zero-order chi connectivity index (χ0) is 28.3. The summed E-state index contributed by atoms with van der Waals surface area (Å²) in [5, 5.41) is 13.8. The Kier molecular flexibility index (Phi) is 7.93. The summed E-state index contributed by atoms with van der Waals surface area (Å²) < 4.78 is 23.3. The number of ether oxygens (including phenoxy) is 4.